The van der Waals surface area contributed by atoms with Gasteiger partial charge in [0.05, 0.1) is 0 Å². The topological polar surface area (TPSA) is 24.9 Å². The number of hydrogen-bond acceptors (Lipinski definition) is 2. The van der Waals surface area contributed by atoms with E-state index in [0.717, 1.165) is 10.6 Å². The molecule has 1 N–H and O–H groups in total. The van der Waals surface area contributed by atoms with Crippen molar-refractivity contribution in [2.75, 3.05) is 0 Å². The summed E-state index contributed by atoms with van der Waals surface area (Å²) in [5, 5.41) is 4.33. The van der Waals surface area contributed by atoms with Gasteiger partial charge in [-0.2, -0.15) is 0 Å². The van der Waals surface area contributed by atoms with Crippen molar-refractivity contribution in [1.29, 1.82) is 0 Å². The third kappa shape index (κ3) is 3.09. The molecule has 1 unspecified atom stereocenters. The zero-order chi connectivity index (χ0) is 13.0. The first-order valence-electron chi connectivity index (χ1n) is 6.09. The monoisotopic (exact) mass is 260 g/mol. The first kappa shape index (κ1) is 13.1. The Morgan fingerprint density at radius 2 is 1.83 bits per heavy atom. The second kappa shape index (κ2) is 5.98. The van der Waals surface area contributed by atoms with E-state index < -0.39 is 0 Å². The molecule has 0 aliphatic rings. The minimum atomic E-state index is 0.203. The minimum Gasteiger partial charge on any atom is -0.304 e. The van der Waals surface area contributed by atoms with Crippen molar-refractivity contribution in [3.63, 3.8) is 0 Å². The summed E-state index contributed by atoms with van der Waals surface area (Å²) in [6, 6.07) is 12.4. The zero-order valence-electron chi connectivity index (χ0n) is 10.6. The van der Waals surface area contributed by atoms with Crippen LogP contribution in [0.2, 0.25) is 5.02 Å². The van der Waals surface area contributed by atoms with Crippen molar-refractivity contribution in [1.82, 2.24) is 10.3 Å². The lowest BCUT2D eigenvalue weighted by molar-refractivity contribution is 0.494. The van der Waals surface area contributed by atoms with Crippen molar-refractivity contribution in [3.8, 4) is 0 Å². The Morgan fingerprint density at radius 1 is 1.06 bits per heavy atom. The maximum absolute atomic E-state index is 6.20. The zero-order valence-corrected chi connectivity index (χ0v) is 11.4. The summed E-state index contributed by atoms with van der Waals surface area (Å²) in [5.74, 6) is 0. The van der Waals surface area contributed by atoms with E-state index >= 15 is 0 Å². The fourth-order valence-corrected chi connectivity index (χ4v) is 2.32. The summed E-state index contributed by atoms with van der Waals surface area (Å²) >= 11 is 6.20. The van der Waals surface area contributed by atoms with E-state index in [-0.39, 0.29) is 12.1 Å². The van der Waals surface area contributed by atoms with Crippen LogP contribution in [0, 0.1) is 0 Å². The van der Waals surface area contributed by atoms with E-state index in [9.17, 15) is 0 Å². The molecule has 0 spiro atoms. The van der Waals surface area contributed by atoms with Gasteiger partial charge < -0.3 is 5.32 Å². The highest BCUT2D eigenvalue weighted by Crippen LogP contribution is 2.24. The van der Waals surface area contributed by atoms with Gasteiger partial charge in [-0.25, -0.2) is 0 Å². The first-order valence-corrected chi connectivity index (χ1v) is 6.46. The van der Waals surface area contributed by atoms with Crippen molar-refractivity contribution in [3.05, 3.63) is 64.9 Å². The average molecular weight is 261 g/mol. The van der Waals surface area contributed by atoms with E-state index in [2.05, 4.69) is 36.3 Å². The number of pyridine rings is 1. The van der Waals surface area contributed by atoms with Crippen molar-refractivity contribution in [2.24, 2.45) is 0 Å². The molecule has 0 aliphatic carbocycles. The molecule has 2 rings (SSSR count). The summed E-state index contributed by atoms with van der Waals surface area (Å²) < 4.78 is 0. The van der Waals surface area contributed by atoms with Crippen LogP contribution in [0.15, 0.2) is 48.8 Å². The van der Waals surface area contributed by atoms with Crippen molar-refractivity contribution in [2.45, 2.75) is 25.9 Å². The van der Waals surface area contributed by atoms with Crippen LogP contribution in [0.3, 0.4) is 0 Å². The largest absolute Gasteiger partial charge is 0.304 e. The maximum atomic E-state index is 6.20. The third-order valence-corrected chi connectivity index (χ3v) is 3.40. The van der Waals surface area contributed by atoms with Gasteiger partial charge >= 0.3 is 0 Å². The van der Waals surface area contributed by atoms with Crippen LogP contribution < -0.4 is 5.32 Å². The van der Waals surface area contributed by atoms with E-state index in [0.29, 0.717) is 0 Å². The summed E-state index contributed by atoms with van der Waals surface area (Å²) in [6.45, 7) is 4.25. The molecule has 3 heteroatoms. The molecule has 0 fully saturated rings. The van der Waals surface area contributed by atoms with Crippen LogP contribution in [0.1, 0.15) is 37.1 Å². The number of nitrogens with one attached hydrogen (secondary N) is 1. The Bertz CT molecular complexity index is 499. The highest BCUT2D eigenvalue weighted by Gasteiger charge is 2.13. The molecular weight excluding hydrogens is 244 g/mol. The first-order chi connectivity index (χ1) is 8.68. The lowest BCUT2D eigenvalue weighted by atomic mass is 10.1. The standard InChI is InChI=1S/C15H17ClN2/c1-11(13-6-5-9-17-10-13)18-12(2)14-7-3-4-8-15(14)16/h3-12,18H,1-2H3/t11?,12-/m0/s1. The molecule has 0 bridgehead atoms. The summed E-state index contributed by atoms with van der Waals surface area (Å²) in [5.41, 5.74) is 2.30. The highest BCUT2D eigenvalue weighted by atomic mass is 35.5. The Morgan fingerprint density at radius 3 is 2.50 bits per heavy atom. The molecule has 0 saturated heterocycles. The molecule has 1 heterocycles. The number of hydrogen-bond donors (Lipinski definition) is 1. The SMILES string of the molecule is CC(N[C@@H](C)c1ccccc1Cl)c1cccnc1. The van der Waals surface area contributed by atoms with E-state index in [1.807, 2.05) is 30.5 Å². The van der Waals surface area contributed by atoms with E-state index in [1.54, 1.807) is 6.20 Å². The Balaban J connectivity index is 2.08. The summed E-state index contributed by atoms with van der Waals surface area (Å²) in [4.78, 5) is 4.14. The van der Waals surface area contributed by atoms with Gasteiger partial charge in [0.2, 0.25) is 0 Å². The molecule has 2 aromatic rings. The molecular formula is C15H17ClN2. The normalized spacial score (nSPS) is 14.2. The van der Waals surface area contributed by atoms with Crippen LogP contribution in [0.25, 0.3) is 0 Å². The van der Waals surface area contributed by atoms with Crippen LogP contribution in [0.4, 0.5) is 0 Å². The Hall–Kier alpha value is -1.38. The second-order valence-corrected chi connectivity index (χ2v) is 4.83. The Kier molecular flexibility index (Phi) is 4.34. The lowest BCUT2D eigenvalue weighted by Crippen LogP contribution is -2.22. The van der Waals surface area contributed by atoms with Crippen molar-refractivity contribution >= 4 is 11.6 Å². The predicted molar refractivity (Wildman–Crippen MR) is 75.7 cm³/mol. The molecule has 0 radical (unpaired) electrons. The second-order valence-electron chi connectivity index (χ2n) is 4.42. The molecule has 94 valence electrons. The fourth-order valence-electron chi connectivity index (χ4n) is 2.02. The molecule has 0 amide bonds. The van der Waals surface area contributed by atoms with E-state index in [4.69, 9.17) is 11.6 Å². The highest BCUT2D eigenvalue weighted by molar-refractivity contribution is 6.31. The predicted octanol–water partition coefficient (Wildman–Crippen LogP) is 4.15. The molecule has 2 atom stereocenters. The Labute approximate surface area is 113 Å². The number of benzene rings is 1. The number of halogens is 1. The molecule has 1 aromatic carbocycles. The van der Waals surface area contributed by atoms with Crippen LogP contribution in [-0.2, 0) is 0 Å². The fraction of sp³-hybridized carbons (Fsp3) is 0.267. The molecule has 0 aliphatic heterocycles. The van der Waals surface area contributed by atoms with Crippen LogP contribution in [0.5, 0.6) is 0 Å². The average Bonchev–Trinajstić information content (AvgIpc) is 2.40. The number of aromatic nitrogens is 1. The van der Waals surface area contributed by atoms with Gasteiger partial charge in [-0.05, 0) is 37.1 Å². The maximum Gasteiger partial charge on any atom is 0.0453 e. The molecule has 18 heavy (non-hydrogen) atoms. The van der Waals surface area contributed by atoms with Gasteiger partial charge in [0, 0.05) is 29.5 Å². The number of nitrogens with zero attached hydrogens (tertiary/aromatic N) is 1. The molecule has 0 saturated carbocycles. The van der Waals surface area contributed by atoms with Gasteiger partial charge in [0.15, 0.2) is 0 Å². The van der Waals surface area contributed by atoms with Crippen molar-refractivity contribution < 1.29 is 0 Å². The summed E-state index contributed by atoms with van der Waals surface area (Å²) in [6.07, 6.45) is 3.67. The van der Waals surface area contributed by atoms with Gasteiger partial charge in [-0.1, -0.05) is 35.9 Å². The smallest absolute Gasteiger partial charge is 0.0453 e. The van der Waals surface area contributed by atoms with Crippen LogP contribution >= 0.6 is 11.6 Å². The van der Waals surface area contributed by atoms with Gasteiger partial charge in [-0.15, -0.1) is 0 Å². The molecule has 1 aromatic heterocycles. The van der Waals surface area contributed by atoms with Gasteiger partial charge in [-0.3, -0.25) is 4.98 Å². The van der Waals surface area contributed by atoms with Crippen LogP contribution in [-0.4, -0.2) is 4.98 Å². The van der Waals surface area contributed by atoms with Gasteiger partial charge in [0.1, 0.15) is 0 Å². The number of rotatable bonds is 4. The van der Waals surface area contributed by atoms with E-state index in [1.165, 1.54) is 5.56 Å². The minimum absolute atomic E-state index is 0.203. The van der Waals surface area contributed by atoms with Gasteiger partial charge in [0.25, 0.3) is 0 Å². The third-order valence-electron chi connectivity index (χ3n) is 3.06. The summed E-state index contributed by atoms with van der Waals surface area (Å²) in [7, 11) is 0. The lowest BCUT2D eigenvalue weighted by Gasteiger charge is -2.21. The quantitative estimate of drug-likeness (QED) is 0.893. The molecule has 2 nitrogen and oxygen atoms in total.